The van der Waals surface area contributed by atoms with E-state index in [0.29, 0.717) is 17.9 Å². The molecular weight excluding hydrogens is 438 g/mol. The number of unbranched alkanes of at least 4 members (excludes halogenated alkanes) is 1. The summed E-state index contributed by atoms with van der Waals surface area (Å²) in [6, 6.07) is 17.0. The summed E-state index contributed by atoms with van der Waals surface area (Å²) in [5.41, 5.74) is 7.84. The fourth-order valence-corrected chi connectivity index (χ4v) is 8.50. The predicted octanol–water partition coefficient (Wildman–Crippen LogP) is 9.04. The molecule has 0 radical (unpaired) electrons. The maximum atomic E-state index is 5.97. The third-order valence-electron chi connectivity index (χ3n) is 9.97. The van der Waals surface area contributed by atoms with E-state index >= 15 is 0 Å². The highest BCUT2D eigenvalue weighted by atomic mass is 16.5. The lowest BCUT2D eigenvalue weighted by Crippen LogP contribution is -2.35. The molecule has 2 nitrogen and oxygen atoms in total. The molecule has 196 valence electrons. The maximum absolute atomic E-state index is 5.97. The van der Waals surface area contributed by atoms with E-state index in [9.17, 15) is 0 Å². The van der Waals surface area contributed by atoms with Gasteiger partial charge in [-0.3, -0.25) is 0 Å². The third-order valence-corrected chi connectivity index (χ3v) is 9.97. The number of ether oxygens (including phenoxy) is 1. The van der Waals surface area contributed by atoms with Crippen molar-refractivity contribution in [3.8, 4) is 0 Å². The van der Waals surface area contributed by atoms with Crippen molar-refractivity contribution in [2.24, 2.45) is 23.2 Å². The zero-order valence-corrected chi connectivity index (χ0v) is 24.1. The predicted molar refractivity (Wildman–Crippen MR) is 153 cm³/mol. The molecule has 0 N–H and O–H groups in total. The van der Waals surface area contributed by atoms with Gasteiger partial charge in [0.25, 0.3) is 0 Å². The van der Waals surface area contributed by atoms with Crippen molar-refractivity contribution >= 4 is 5.69 Å². The summed E-state index contributed by atoms with van der Waals surface area (Å²) in [5, 5.41) is 0. The van der Waals surface area contributed by atoms with Crippen LogP contribution in [0.25, 0.3) is 0 Å². The molecule has 0 saturated heterocycles. The molecule has 1 heterocycles. The normalized spacial score (nSPS) is 29.4. The lowest BCUT2D eigenvalue weighted by atomic mass is 9.61. The van der Waals surface area contributed by atoms with Gasteiger partial charge in [0.05, 0.1) is 11.6 Å². The molecule has 0 aromatic heterocycles. The van der Waals surface area contributed by atoms with E-state index in [1.54, 1.807) is 16.7 Å². The van der Waals surface area contributed by atoms with Gasteiger partial charge in [-0.1, -0.05) is 75.6 Å². The SMILES string of the molecule is Cc1ccc2c(c1)C1C(c3ccccc3C1C(C)(C)C1CC(CCCCOC(C)(C)C)CC1C)N2C. The van der Waals surface area contributed by atoms with E-state index in [2.05, 4.69) is 103 Å². The number of benzene rings is 2. The van der Waals surface area contributed by atoms with Crippen molar-refractivity contribution in [1.29, 1.82) is 0 Å². The summed E-state index contributed by atoms with van der Waals surface area (Å²) in [4.78, 5) is 2.58. The molecular formula is C34H49NO. The molecule has 1 aliphatic heterocycles. The number of anilines is 1. The molecule has 2 aliphatic carbocycles. The Morgan fingerprint density at radius 1 is 0.917 bits per heavy atom. The fraction of sp³-hybridized carbons (Fsp3) is 0.647. The third kappa shape index (κ3) is 4.53. The zero-order chi connectivity index (χ0) is 25.8. The minimum Gasteiger partial charge on any atom is -0.376 e. The highest BCUT2D eigenvalue weighted by Crippen LogP contribution is 2.67. The van der Waals surface area contributed by atoms with Gasteiger partial charge in [-0.2, -0.15) is 0 Å². The van der Waals surface area contributed by atoms with Crippen molar-refractivity contribution in [2.45, 2.75) is 104 Å². The summed E-state index contributed by atoms with van der Waals surface area (Å²) >= 11 is 0. The molecule has 6 unspecified atom stereocenters. The lowest BCUT2D eigenvalue weighted by Gasteiger charge is -2.43. The number of nitrogens with zero attached hydrogens (tertiary/aromatic N) is 1. The van der Waals surface area contributed by atoms with Crippen molar-refractivity contribution in [3.05, 3.63) is 64.7 Å². The Kier molecular flexibility index (Phi) is 6.82. The van der Waals surface area contributed by atoms with Crippen LogP contribution in [0.2, 0.25) is 0 Å². The van der Waals surface area contributed by atoms with Gasteiger partial charge in [0.2, 0.25) is 0 Å². The first-order chi connectivity index (χ1) is 17.0. The van der Waals surface area contributed by atoms with Gasteiger partial charge in [-0.15, -0.1) is 0 Å². The second kappa shape index (κ2) is 9.50. The van der Waals surface area contributed by atoms with Gasteiger partial charge >= 0.3 is 0 Å². The molecule has 6 atom stereocenters. The number of rotatable bonds is 7. The van der Waals surface area contributed by atoms with Crippen LogP contribution in [0.5, 0.6) is 0 Å². The maximum Gasteiger partial charge on any atom is 0.0617 e. The van der Waals surface area contributed by atoms with E-state index in [-0.39, 0.29) is 11.0 Å². The number of fused-ring (bicyclic) bond motifs is 5. The monoisotopic (exact) mass is 487 g/mol. The second-order valence-corrected chi connectivity index (χ2v) is 13.9. The Bertz CT molecular complexity index is 1080. The van der Waals surface area contributed by atoms with E-state index in [1.807, 2.05) is 0 Å². The Balaban J connectivity index is 1.37. The average Bonchev–Trinajstić information content (AvgIpc) is 3.43. The first-order valence-electron chi connectivity index (χ1n) is 14.5. The Morgan fingerprint density at radius 3 is 2.36 bits per heavy atom. The molecule has 1 fully saturated rings. The van der Waals surface area contributed by atoms with Gasteiger partial charge in [-0.05, 0) is 98.8 Å². The smallest absolute Gasteiger partial charge is 0.0617 e. The number of likely N-dealkylation sites (N-methyl/N-ethyl adjacent to an activating group) is 1. The highest BCUT2D eigenvalue weighted by molar-refractivity contribution is 5.68. The lowest BCUT2D eigenvalue weighted by molar-refractivity contribution is -0.00504. The van der Waals surface area contributed by atoms with Crippen LogP contribution < -0.4 is 4.90 Å². The Labute approximate surface area is 220 Å². The first-order valence-corrected chi connectivity index (χ1v) is 14.5. The molecule has 36 heavy (non-hydrogen) atoms. The fourth-order valence-electron chi connectivity index (χ4n) is 8.50. The summed E-state index contributed by atoms with van der Waals surface area (Å²) in [7, 11) is 2.32. The summed E-state index contributed by atoms with van der Waals surface area (Å²) in [5.74, 6) is 3.54. The average molecular weight is 488 g/mol. The summed E-state index contributed by atoms with van der Waals surface area (Å²) in [6.07, 6.45) is 6.64. The Morgan fingerprint density at radius 2 is 1.64 bits per heavy atom. The van der Waals surface area contributed by atoms with Crippen molar-refractivity contribution in [1.82, 2.24) is 0 Å². The van der Waals surface area contributed by atoms with Gasteiger partial charge in [0.1, 0.15) is 0 Å². The van der Waals surface area contributed by atoms with Crippen molar-refractivity contribution < 1.29 is 4.74 Å². The van der Waals surface area contributed by atoms with E-state index in [4.69, 9.17) is 4.74 Å². The van der Waals surface area contributed by atoms with Crippen molar-refractivity contribution in [3.63, 3.8) is 0 Å². The number of aryl methyl sites for hydroxylation is 1. The van der Waals surface area contributed by atoms with Gasteiger partial charge in [0.15, 0.2) is 0 Å². The van der Waals surface area contributed by atoms with Crippen LogP contribution in [-0.4, -0.2) is 19.3 Å². The van der Waals surface area contributed by atoms with Crippen LogP contribution in [0.15, 0.2) is 42.5 Å². The van der Waals surface area contributed by atoms with Crippen LogP contribution in [0.4, 0.5) is 5.69 Å². The Hall–Kier alpha value is -1.80. The molecule has 2 aromatic carbocycles. The van der Waals surface area contributed by atoms with Crippen LogP contribution in [0.3, 0.4) is 0 Å². The van der Waals surface area contributed by atoms with Crippen LogP contribution in [0.1, 0.15) is 114 Å². The number of hydrogen-bond acceptors (Lipinski definition) is 2. The summed E-state index contributed by atoms with van der Waals surface area (Å²) in [6.45, 7) is 17.4. The largest absolute Gasteiger partial charge is 0.376 e. The number of hydrogen-bond donors (Lipinski definition) is 0. The zero-order valence-electron chi connectivity index (χ0n) is 24.1. The highest BCUT2D eigenvalue weighted by Gasteiger charge is 2.56. The standard InChI is InChI=1S/C34H49NO/c1-22-16-17-29-27(19-22)30-31(25-14-9-10-15-26(25)32(30)35(29)8)34(6,7)28-21-24(20-23(28)2)13-11-12-18-36-33(3,4)5/h9-10,14-17,19,23-24,28,30-32H,11-13,18,20-21H2,1-8H3. The van der Waals surface area contributed by atoms with Gasteiger partial charge < -0.3 is 9.64 Å². The molecule has 0 amide bonds. The summed E-state index contributed by atoms with van der Waals surface area (Å²) < 4.78 is 5.97. The molecule has 1 saturated carbocycles. The minimum absolute atomic E-state index is 0.0160. The van der Waals surface area contributed by atoms with E-state index in [0.717, 1.165) is 24.4 Å². The van der Waals surface area contributed by atoms with Gasteiger partial charge in [-0.25, -0.2) is 0 Å². The van der Waals surface area contributed by atoms with Crippen LogP contribution in [-0.2, 0) is 4.74 Å². The quantitative estimate of drug-likeness (QED) is 0.361. The molecule has 0 spiro atoms. The first kappa shape index (κ1) is 25.8. The molecule has 5 rings (SSSR count). The molecule has 3 aliphatic rings. The second-order valence-electron chi connectivity index (χ2n) is 13.9. The van der Waals surface area contributed by atoms with Crippen LogP contribution in [0, 0.1) is 30.1 Å². The van der Waals surface area contributed by atoms with Crippen molar-refractivity contribution in [2.75, 3.05) is 18.6 Å². The minimum atomic E-state index is -0.0160. The van der Waals surface area contributed by atoms with Crippen LogP contribution >= 0.6 is 0 Å². The molecule has 2 heteroatoms. The molecule has 2 aromatic rings. The molecule has 0 bridgehead atoms. The van der Waals surface area contributed by atoms with E-state index in [1.165, 1.54) is 43.4 Å². The topological polar surface area (TPSA) is 12.5 Å². The van der Waals surface area contributed by atoms with E-state index < -0.39 is 0 Å². The van der Waals surface area contributed by atoms with Gasteiger partial charge in [0, 0.05) is 25.3 Å².